The molecule has 2 aromatic carbocycles. The van der Waals surface area contributed by atoms with Gasteiger partial charge in [-0.05, 0) is 48.4 Å². The van der Waals surface area contributed by atoms with Gasteiger partial charge in [-0.15, -0.1) is 11.8 Å². The van der Waals surface area contributed by atoms with Crippen LogP contribution >= 0.6 is 23.4 Å². The van der Waals surface area contributed by atoms with E-state index in [0.29, 0.717) is 0 Å². The maximum atomic E-state index is 5.85. The molecule has 0 heterocycles. The molecule has 0 aliphatic carbocycles. The zero-order valence-corrected chi connectivity index (χ0v) is 11.2. The summed E-state index contributed by atoms with van der Waals surface area (Å²) in [4.78, 5) is 1.24. The van der Waals surface area contributed by atoms with Crippen molar-refractivity contribution in [3.63, 3.8) is 0 Å². The highest BCUT2D eigenvalue weighted by Gasteiger charge is 1.99. The molecule has 88 valence electrons. The molecule has 0 aliphatic rings. The molecule has 0 radical (unpaired) electrons. The minimum absolute atomic E-state index is 0.780. The molecule has 2 N–H and O–H groups in total. The SMILES string of the molecule is Cc1cc(SCc2ccc(Cl)cc2)ccc1N. The van der Waals surface area contributed by atoms with Crippen LogP contribution in [-0.4, -0.2) is 0 Å². The number of rotatable bonds is 3. The molecule has 0 aliphatic heterocycles. The highest BCUT2D eigenvalue weighted by atomic mass is 35.5. The molecule has 2 rings (SSSR count). The average molecular weight is 264 g/mol. The lowest BCUT2D eigenvalue weighted by Crippen LogP contribution is -1.89. The van der Waals surface area contributed by atoms with Crippen LogP contribution in [0.3, 0.4) is 0 Å². The van der Waals surface area contributed by atoms with Gasteiger partial charge in [-0.2, -0.15) is 0 Å². The van der Waals surface area contributed by atoms with E-state index in [9.17, 15) is 0 Å². The third-order valence-corrected chi connectivity index (χ3v) is 3.88. The molecule has 0 amide bonds. The number of hydrogen-bond acceptors (Lipinski definition) is 2. The minimum Gasteiger partial charge on any atom is -0.399 e. The zero-order valence-electron chi connectivity index (χ0n) is 9.61. The van der Waals surface area contributed by atoms with Crippen LogP contribution in [0.4, 0.5) is 5.69 Å². The molecule has 0 spiro atoms. The predicted molar refractivity (Wildman–Crippen MR) is 76.6 cm³/mol. The van der Waals surface area contributed by atoms with Crippen molar-refractivity contribution in [2.75, 3.05) is 5.73 Å². The molecule has 0 aromatic heterocycles. The quantitative estimate of drug-likeness (QED) is 0.651. The van der Waals surface area contributed by atoms with Crippen molar-refractivity contribution in [1.29, 1.82) is 0 Å². The molecule has 0 unspecified atom stereocenters. The van der Waals surface area contributed by atoms with Gasteiger partial charge in [-0.1, -0.05) is 23.7 Å². The Morgan fingerprint density at radius 2 is 1.82 bits per heavy atom. The minimum atomic E-state index is 0.780. The van der Waals surface area contributed by atoms with E-state index >= 15 is 0 Å². The molecule has 0 atom stereocenters. The fourth-order valence-corrected chi connectivity index (χ4v) is 2.56. The highest BCUT2D eigenvalue weighted by Crippen LogP contribution is 2.26. The van der Waals surface area contributed by atoms with Crippen LogP contribution in [-0.2, 0) is 5.75 Å². The first-order chi connectivity index (χ1) is 8.15. The monoisotopic (exact) mass is 263 g/mol. The number of thioether (sulfide) groups is 1. The van der Waals surface area contributed by atoms with Gasteiger partial charge in [-0.3, -0.25) is 0 Å². The third-order valence-electron chi connectivity index (χ3n) is 2.56. The summed E-state index contributed by atoms with van der Waals surface area (Å²) in [5, 5.41) is 0.780. The second kappa shape index (κ2) is 5.48. The van der Waals surface area contributed by atoms with E-state index in [-0.39, 0.29) is 0 Å². The normalized spacial score (nSPS) is 10.5. The van der Waals surface area contributed by atoms with Gasteiger partial charge in [0.25, 0.3) is 0 Å². The molecule has 3 heteroatoms. The number of nitrogens with two attached hydrogens (primary N) is 1. The zero-order chi connectivity index (χ0) is 12.3. The van der Waals surface area contributed by atoms with Crippen molar-refractivity contribution in [1.82, 2.24) is 0 Å². The molecule has 0 saturated heterocycles. The Hall–Kier alpha value is -1.12. The van der Waals surface area contributed by atoms with E-state index in [4.69, 9.17) is 17.3 Å². The molecular weight excluding hydrogens is 250 g/mol. The Morgan fingerprint density at radius 1 is 1.12 bits per heavy atom. The van der Waals surface area contributed by atoms with Gasteiger partial charge >= 0.3 is 0 Å². The summed E-state index contributed by atoms with van der Waals surface area (Å²) in [5.74, 6) is 0.945. The summed E-state index contributed by atoms with van der Waals surface area (Å²) < 4.78 is 0. The molecule has 2 aromatic rings. The Morgan fingerprint density at radius 3 is 2.47 bits per heavy atom. The van der Waals surface area contributed by atoms with Gasteiger partial charge in [-0.25, -0.2) is 0 Å². The summed E-state index contributed by atoms with van der Waals surface area (Å²) in [6.45, 7) is 2.03. The number of hydrogen-bond donors (Lipinski definition) is 1. The number of halogens is 1. The van der Waals surface area contributed by atoms with E-state index in [1.54, 1.807) is 11.8 Å². The van der Waals surface area contributed by atoms with E-state index < -0.39 is 0 Å². The first-order valence-corrected chi connectivity index (χ1v) is 6.75. The maximum absolute atomic E-state index is 5.85. The van der Waals surface area contributed by atoms with Crippen molar-refractivity contribution in [3.8, 4) is 0 Å². The number of anilines is 1. The van der Waals surface area contributed by atoms with Crippen molar-refractivity contribution < 1.29 is 0 Å². The summed E-state index contributed by atoms with van der Waals surface area (Å²) >= 11 is 7.65. The molecular formula is C14H14ClNS. The third kappa shape index (κ3) is 3.42. The second-order valence-electron chi connectivity index (χ2n) is 3.93. The average Bonchev–Trinajstić information content (AvgIpc) is 2.33. The maximum Gasteiger partial charge on any atom is 0.0406 e. The van der Waals surface area contributed by atoms with Crippen molar-refractivity contribution >= 4 is 29.1 Å². The van der Waals surface area contributed by atoms with Gasteiger partial charge in [0, 0.05) is 21.4 Å². The van der Waals surface area contributed by atoms with Gasteiger partial charge < -0.3 is 5.73 Å². The molecule has 0 bridgehead atoms. The number of benzene rings is 2. The summed E-state index contributed by atoms with van der Waals surface area (Å²) in [6, 6.07) is 14.1. The van der Waals surface area contributed by atoms with Gasteiger partial charge in [0.2, 0.25) is 0 Å². The molecule has 0 saturated carbocycles. The Labute approximate surface area is 111 Å². The largest absolute Gasteiger partial charge is 0.399 e. The van der Waals surface area contributed by atoms with Crippen LogP contribution in [0.15, 0.2) is 47.4 Å². The van der Waals surface area contributed by atoms with Crippen molar-refractivity contribution in [3.05, 3.63) is 58.6 Å². The van der Waals surface area contributed by atoms with Crippen LogP contribution in [0, 0.1) is 6.92 Å². The molecule has 1 nitrogen and oxygen atoms in total. The van der Waals surface area contributed by atoms with Crippen LogP contribution in [0.1, 0.15) is 11.1 Å². The second-order valence-corrected chi connectivity index (χ2v) is 5.42. The van der Waals surface area contributed by atoms with Crippen LogP contribution in [0.2, 0.25) is 5.02 Å². The lowest BCUT2D eigenvalue weighted by atomic mass is 10.2. The summed E-state index contributed by atoms with van der Waals surface area (Å²) in [5.41, 5.74) is 9.04. The first kappa shape index (κ1) is 12.3. The fraction of sp³-hybridized carbons (Fsp3) is 0.143. The first-order valence-electron chi connectivity index (χ1n) is 5.38. The van der Waals surface area contributed by atoms with E-state index in [2.05, 4.69) is 24.3 Å². The van der Waals surface area contributed by atoms with E-state index in [1.165, 1.54) is 10.5 Å². The van der Waals surface area contributed by atoms with Crippen molar-refractivity contribution in [2.45, 2.75) is 17.6 Å². The van der Waals surface area contributed by atoms with Gasteiger partial charge in [0.15, 0.2) is 0 Å². The number of nitrogen functional groups attached to an aromatic ring is 1. The molecule has 0 fully saturated rings. The van der Waals surface area contributed by atoms with Gasteiger partial charge in [0.05, 0.1) is 0 Å². The van der Waals surface area contributed by atoms with E-state index in [1.807, 2.05) is 25.1 Å². The number of aryl methyl sites for hydroxylation is 1. The van der Waals surface area contributed by atoms with Crippen molar-refractivity contribution in [2.24, 2.45) is 0 Å². The van der Waals surface area contributed by atoms with Gasteiger partial charge in [0.1, 0.15) is 0 Å². The Bertz CT molecular complexity index is 508. The lowest BCUT2D eigenvalue weighted by Gasteiger charge is -2.05. The standard InChI is InChI=1S/C14H14ClNS/c1-10-8-13(6-7-14(10)16)17-9-11-2-4-12(15)5-3-11/h2-8H,9,16H2,1H3. The van der Waals surface area contributed by atoms with Crippen LogP contribution in [0.5, 0.6) is 0 Å². The lowest BCUT2D eigenvalue weighted by molar-refractivity contribution is 1.34. The topological polar surface area (TPSA) is 26.0 Å². The summed E-state index contributed by atoms with van der Waals surface area (Å²) in [6.07, 6.45) is 0. The van der Waals surface area contributed by atoms with E-state index in [0.717, 1.165) is 22.0 Å². The van der Waals surface area contributed by atoms with Crippen LogP contribution < -0.4 is 5.73 Å². The molecule has 17 heavy (non-hydrogen) atoms. The fourth-order valence-electron chi connectivity index (χ4n) is 1.49. The predicted octanol–water partition coefficient (Wildman–Crippen LogP) is 4.52. The smallest absolute Gasteiger partial charge is 0.0406 e. The van der Waals surface area contributed by atoms with Crippen LogP contribution in [0.25, 0.3) is 0 Å². The summed E-state index contributed by atoms with van der Waals surface area (Å²) in [7, 11) is 0. The Balaban J connectivity index is 2.02. The highest BCUT2D eigenvalue weighted by molar-refractivity contribution is 7.98. The Kier molecular flexibility index (Phi) is 3.97.